The average Bonchev–Trinajstić information content (AvgIpc) is 3.09. The number of piperazine rings is 1. The van der Waals surface area contributed by atoms with Crippen molar-refractivity contribution in [3.05, 3.63) is 41.7 Å². The lowest BCUT2D eigenvalue weighted by Gasteiger charge is -2.30. The Bertz CT molecular complexity index is 913. The zero-order valence-electron chi connectivity index (χ0n) is 15.3. The topological polar surface area (TPSA) is 100 Å². The molecule has 140 valence electrons. The molecule has 2 heterocycles. The van der Waals surface area contributed by atoms with Gasteiger partial charge >= 0.3 is 11.8 Å². The molecular weight excluding hydrogens is 348 g/mol. The highest BCUT2D eigenvalue weighted by Crippen LogP contribution is 2.18. The molecule has 9 nitrogen and oxygen atoms in total. The van der Waals surface area contributed by atoms with Crippen molar-refractivity contribution in [2.45, 2.75) is 13.8 Å². The third-order valence-electron chi connectivity index (χ3n) is 4.05. The van der Waals surface area contributed by atoms with Crippen molar-refractivity contribution in [2.75, 3.05) is 20.1 Å². The first-order chi connectivity index (χ1) is 12.8. The number of likely N-dealkylation sites (N-methyl/N-ethyl adjacent to an activating group) is 1. The van der Waals surface area contributed by atoms with Crippen LogP contribution in [-0.4, -0.2) is 62.5 Å². The summed E-state index contributed by atoms with van der Waals surface area (Å²) in [5.74, 6) is -1.40. The highest BCUT2D eigenvalue weighted by atomic mass is 16.2. The minimum atomic E-state index is -0.761. The minimum absolute atomic E-state index is 0.237. The van der Waals surface area contributed by atoms with Gasteiger partial charge in [0.2, 0.25) is 0 Å². The third-order valence-corrected chi connectivity index (χ3v) is 4.05. The van der Waals surface area contributed by atoms with Gasteiger partial charge in [-0.15, -0.1) is 5.10 Å². The summed E-state index contributed by atoms with van der Waals surface area (Å²) >= 11 is 0. The van der Waals surface area contributed by atoms with Crippen molar-refractivity contribution in [2.24, 2.45) is 0 Å². The van der Waals surface area contributed by atoms with E-state index in [0.717, 1.165) is 21.7 Å². The van der Waals surface area contributed by atoms with Crippen LogP contribution in [-0.2, 0) is 14.4 Å². The van der Waals surface area contributed by atoms with Crippen molar-refractivity contribution >= 4 is 23.9 Å². The van der Waals surface area contributed by atoms with Gasteiger partial charge in [-0.2, -0.15) is 0 Å². The van der Waals surface area contributed by atoms with Crippen LogP contribution in [0.3, 0.4) is 0 Å². The van der Waals surface area contributed by atoms with Crippen LogP contribution in [0.5, 0.6) is 0 Å². The molecule has 1 aromatic carbocycles. The normalized spacial score (nSPS) is 14.9. The number of rotatable bonds is 4. The fourth-order valence-corrected chi connectivity index (χ4v) is 2.74. The summed E-state index contributed by atoms with van der Waals surface area (Å²) in [6, 6.07) is 6.04. The fourth-order valence-electron chi connectivity index (χ4n) is 2.74. The number of hydrogen-bond donors (Lipinski definition) is 1. The number of amides is 3. The number of hydrogen-bond acceptors (Lipinski definition) is 5. The van der Waals surface area contributed by atoms with Crippen molar-refractivity contribution in [1.82, 2.24) is 30.1 Å². The molecule has 0 atom stereocenters. The summed E-state index contributed by atoms with van der Waals surface area (Å²) < 4.78 is 1.41. The van der Waals surface area contributed by atoms with Gasteiger partial charge in [0.25, 0.3) is 5.91 Å². The van der Waals surface area contributed by atoms with E-state index in [9.17, 15) is 14.4 Å². The van der Waals surface area contributed by atoms with E-state index >= 15 is 0 Å². The number of nitrogens with one attached hydrogen (secondary N) is 1. The predicted octanol–water partition coefficient (Wildman–Crippen LogP) is 0.364. The van der Waals surface area contributed by atoms with Gasteiger partial charge in [-0.1, -0.05) is 17.2 Å². The van der Waals surface area contributed by atoms with Gasteiger partial charge in [0.15, 0.2) is 5.82 Å². The molecule has 1 aromatic heterocycles. The van der Waals surface area contributed by atoms with Crippen LogP contribution in [0, 0.1) is 13.8 Å². The van der Waals surface area contributed by atoms with E-state index in [-0.39, 0.29) is 6.54 Å². The minimum Gasteiger partial charge on any atom is -0.336 e. The summed E-state index contributed by atoms with van der Waals surface area (Å²) in [6.07, 6.45) is 4.13. The molecule has 3 amide bonds. The molecule has 1 aliphatic rings. The van der Waals surface area contributed by atoms with Crippen LogP contribution in [0.1, 0.15) is 11.1 Å². The third kappa shape index (κ3) is 4.20. The number of carbonyl (C=O) groups is 3. The smallest absolute Gasteiger partial charge is 0.330 e. The Morgan fingerprint density at radius 1 is 1.11 bits per heavy atom. The number of aromatic nitrogens is 3. The van der Waals surface area contributed by atoms with Crippen LogP contribution in [0.2, 0.25) is 0 Å². The number of carbonyl (C=O) groups excluding carboxylic acids is 3. The Morgan fingerprint density at radius 3 is 2.52 bits per heavy atom. The van der Waals surface area contributed by atoms with Gasteiger partial charge in [0, 0.05) is 31.4 Å². The van der Waals surface area contributed by atoms with Crippen LogP contribution in [0.4, 0.5) is 0 Å². The number of nitrogens with zero attached hydrogens (tertiary/aromatic N) is 5. The zero-order valence-corrected chi connectivity index (χ0v) is 15.3. The van der Waals surface area contributed by atoms with Gasteiger partial charge in [0.1, 0.15) is 6.33 Å². The molecule has 0 unspecified atom stereocenters. The standard InChI is InChI=1S/C18H20N6O3/c1-12-8-13(2)10-14(9-12)16-19-11-23(21-16)5-4-15(25)20-24-7-6-22(3)17(26)18(24)27/h4-5,8-11H,6-7H2,1-3H3,(H,20,25)/b5-4-. The highest BCUT2D eigenvalue weighted by molar-refractivity contribution is 6.35. The molecule has 0 spiro atoms. The zero-order chi connectivity index (χ0) is 19.6. The first kappa shape index (κ1) is 18.3. The molecule has 1 aliphatic heterocycles. The fraction of sp³-hybridized carbons (Fsp3) is 0.278. The van der Waals surface area contributed by atoms with Crippen molar-refractivity contribution < 1.29 is 14.4 Å². The van der Waals surface area contributed by atoms with Gasteiger partial charge in [0.05, 0.1) is 6.54 Å². The summed E-state index contributed by atoms with van der Waals surface area (Å²) in [4.78, 5) is 41.0. The van der Waals surface area contributed by atoms with Gasteiger partial charge in [-0.25, -0.2) is 14.7 Å². The van der Waals surface area contributed by atoms with Gasteiger partial charge < -0.3 is 4.90 Å². The second-order valence-corrected chi connectivity index (χ2v) is 6.40. The van der Waals surface area contributed by atoms with Crippen LogP contribution in [0.15, 0.2) is 30.6 Å². The maximum atomic E-state index is 12.0. The molecule has 0 bridgehead atoms. The van der Waals surface area contributed by atoms with E-state index in [2.05, 4.69) is 21.6 Å². The molecule has 0 saturated carbocycles. The first-order valence-corrected chi connectivity index (χ1v) is 8.39. The molecule has 0 aliphatic carbocycles. The molecule has 1 N–H and O–H groups in total. The maximum Gasteiger partial charge on any atom is 0.330 e. The average molecular weight is 368 g/mol. The lowest BCUT2D eigenvalue weighted by molar-refractivity contribution is -0.158. The predicted molar refractivity (Wildman–Crippen MR) is 97.8 cm³/mol. The summed E-state index contributed by atoms with van der Waals surface area (Å²) in [7, 11) is 1.54. The van der Waals surface area contributed by atoms with Crippen molar-refractivity contribution in [3.63, 3.8) is 0 Å². The van der Waals surface area contributed by atoms with Gasteiger partial charge in [-0.3, -0.25) is 19.8 Å². The molecule has 9 heteroatoms. The SMILES string of the molecule is Cc1cc(C)cc(-c2ncn(/C=C\C(=O)NN3CCN(C)C(=O)C3=O)n2)c1. The number of hydrazine groups is 1. The van der Waals surface area contributed by atoms with Crippen LogP contribution >= 0.6 is 0 Å². The van der Waals surface area contributed by atoms with Crippen LogP contribution < -0.4 is 5.43 Å². The molecule has 27 heavy (non-hydrogen) atoms. The Kier molecular flexibility index (Phi) is 5.02. The van der Waals surface area contributed by atoms with Crippen molar-refractivity contribution in [1.29, 1.82) is 0 Å². The molecule has 3 rings (SSSR count). The lowest BCUT2D eigenvalue weighted by atomic mass is 10.1. The first-order valence-electron chi connectivity index (χ1n) is 8.39. The Labute approximate surface area is 156 Å². The Balaban J connectivity index is 1.64. The quantitative estimate of drug-likeness (QED) is 0.621. The summed E-state index contributed by atoms with van der Waals surface area (Å²) in [5.41, 5.74) is 5.51. The van der Waals surface area contributed by atoms with Crippen LogP contribution in [0.25, 0.3) is 17.6 Å². The Morgan fingerprint density at radius 2 is 1.81 bits per heavy atom. The monoisotopic (exact) mass is 368 g/mol. The van der Waals surface area contributed by atoms with Gasteiger partial charge in [-0.05, 0) is 26.0 Å². The lowest BCUT2D eigenvalue weighted by Crippen LogP contribution is -2.58. The molecule has 0 radical (unpaired) electrons. The number of aryl methyl sites for hydroxylation is 2. The molecular formula is C18H20N6O3. The van der Waals surface area contributed by atoms with E-state index in [1.165, 1.54) is 35.2 Å². The van der Waals surface area contributed by atoms with E-state index in [0.29, 0.717) is 12.4 Å². The molecule has 1 fully saturated rings. The van der Waals surface area contributed by atoms with E-state index < -0.39 is 17.7 Å². The largest absolute Gasteiger partial charge is 0.336 e. The van der Waals surface area contributed by atoms with E-state index in [1.807, 2.05) is 26.0 Å². The van der Waals surface area contributed by atoms with E-state index in [1.54, 1.807) is 0 Å². The molecule has 2 aromatic rings. The van der Waals surface area contributed by atoms with Crippen molar-refractivity contribution in [3.8, 4) is 11.4 Å². The van der Waals surface area contributed by atoms with E-state index in [4.69, 9.17) is 0 Å². The summed E-state index contributed by atoms with van der Waals surface area (Å²) in [5, 5.41) is 5.33. The Hall–Kier alpha value is -3.49. The maximum absolute atomic E-state index is 12.0. The highest BCUT2D eigenvalue weighted by Gasteiger charge is 2.31. The second kappa shape index (κ2) is 7.40. The summed E-state index contributed by atoms with van der Waals surface area (Å²) in [6.45, 7) is 4.60. The number of benzene rings is 1. The molecule has 1 saturated heterocycles. The second-order valence-electron chi connectivity index (χ2n) is 6.40.